The predicted octanol–water partition coefficient (Wildman–Crippen LogP) is -0.694. The molecule has 0 fully saturated rings. The molecule has 0 heterocycles. The zero-order chi connectivity index (χ0) is 14.7. The minimum absolute atomic E-state index is 0. The van der Waals surface area contributed by atoms with E-state index in [0.717, 1.165) is 0 Å². The van der Waals surface area contributed by atoms with Gasteiger partial charge in [-0.05, 0) is 6.92 Å². The molecule has 23 heavy (non-hydrogen) atoms. The molecule has 0 spiro atoms. The van der Waals surface area contributed by atoms with Gasteiger partial charge in [0.05, 0.1) is 0 Å². The normalized spacial score (nSPS) is 11.1. The van der Waals surface area contributed by atoms with Gasteiger partial charge in [-0.2, -0.15) is 0 Å². The summed E-state index contributed by atoms with van der Waals surface area (Å²) < 4.78 is 0.648. The Hall–Kier alpha value is -0.877. The van der Waals surface area contributed by atoms with Gasteiger partial charge >= 0.3 is 99.1 Å². The van der Waals surface area contributed by atoms with E-state index >= 15 is 0 Å². The van der Waals surface area contributed by atoms with Crippen LogP contribution in [-0.4, -0.2) is 0 Å². The maximum absolute atomic E-state index is 2.26. The van der Waals surface area contributed by atoms with E-state index in [0.29, 0.717) is 3.63 Å². The molecule has 0 N–H and O–H groups in total. The maximum atomic E-state index is 2.26. The summed E-state index contributed by atoms with van der Waals surface area (Å²) in [6.45, 7) is 2.08. The molecule has 0 nitrogen and oxygen atoms in total. The van der Waals surface area contributed by atoms with Crippen molar-refractivity contribution < 1.29 is 49.5 Å². The van der Waals surface area contributed by atoms with Crippen LogP contribution >= 0.6 is 0 Å². The van der Waals surface area contributed by atoms with E-state index in [1.54, 1.807) is 24.7 Å². The van der Waals surface area contributed by atoms with E-state index in [-0.39, 0.29) is 24.8 Å². The van der Waals surface area contributed by atoms with Gasteiger partial charge in [-0.1, -0.05) is 35.9 Å². The number of fused-ring (bicyclic) bond motifs is 3. The first-order valence-corrected chi connectivity index (χ1v) is 8.60. The molecule has 0 saturated heterocycles. The molecule has 3 aromatic carbocycles. The van der Waals surface area contributed by atoms with Gasteiger partial charge in [0.1, 0.15) is 0 Å². The Morgan fingerprint density at radius 3 is 1.39 bits per heavy atom. The van der Waals surface area contributed by atoms with Gasteiger partial charge in [0.25, 0.3) is 0 Å². The number of rotatable bonds is 0. The second-order valence-electron chi connectivity index (χ2n) is 5.26. The van der Waals surface area contributed by atoms with Crippen molar-refractivity contribution in [2.75, 3.05) is 0 Å². The number of aryl methyl sites for hydroxylation is 1. The fourth-order valence-electron chi connectivity index (χ4n) is 2.69. The predicted molar refractivity (Wildman–Crippen MR) is 84.9 cm³/mol. The van der Waals surface area contributed by atoms with Crippen molar-refractivity contribution in [2.45, 2.75) is 10.5 Å². The van der Waals surface area contributed by atoms with Crippen molar-refractivity contribution in [3.05, 3.63) is 95.6 Å². The van der Waals surface area contributed by atoms with Crippen LogP contribution in [0.15, 0.2) is 78.9 Å². The number of hydrogen-bond acceptors (Lipinski definition) is 0. The number of benzene rings is 3. The molecule has 0 radical (unpaired) electrons. The molecule has 4 rings (SSSR count). The fraction of sp³-hybridized carbons (Fsp3) is 0.100. The molecular formula is C20H17Cl2Zr. The first-order chi connectivity index (χ1) is 10.3. The van der Waals surface area contributed by atoms with Crippen LogP contribution in [0.5, 0.6) is 0 Å². The molecule has 0 amide bonds. The van der Waals surface area contributed by atoms with E-state index in [1.165, 1.54) is 27.8 Å². The van der Waals surface area contributed by atoms with Gasteiger partial charge in [-0.15, -0.1) is 0 Å². The van der Waals surface area contributed by atoms with Crippen LogP contribution in [0.3, 0.4) is 0 Å². The van der Waals surface area contributed by atoms with E-state index in [9.17, 15) is 0 Å². The van der Waals surface area contributed by atoms with Crippen molar-refractivity contribution in [1.82, 2.24) is 0 Å². The molecule has 0 unspecified atom stereocenters. The summed E-state index contributed by atoms with van der Waals surface area (Å²) in [5.41, 5.74) is 7.20. The van der Waals surface area contributed by atoms with Crippen molar-refractivity contribution in [2.24, 2.45) is 0 Å². The van der Waals surface area contributed by atoms with Crippen molar-refractivity contribution >= 4 is 0 Å². The monoisotopic (exact) mass is 417 g/mol. The third-order valence-electron chi connectivity index (χ3n) is 3.77. The molecule has 3 heteroatoms. The number of hydrogen-bond donors (Lipinski definition) is 0. The second-order valence-corrected chi connectivity index (χ2v) is 6.68. The summed E-state index contributed by atoms with van der Waals surface area (Å²) in [5, 5.41) is 0. The molecule has 1 aliphatic rings. The summed E-state index contributed by atoms with van der Waals surface area (Å²) in [4.78, 5) is 0. The zero-order valence-corrected chi connectivity index (χ0v) is 16.8. The molecule has 0 saturated carbocycles. The van der Waals surface area contributed by atoms with Gasteiger partial charge < -0.3 is 24.8 Å². The summed E-state index contributed by atoms with van der Waals surface area (Å²) >= 11 is 1.58. The molecule has 1 aliphatic carbocycles. The summed E-state index contributed by atoms with van der Waals surface area (Å²) in [6.07, 6.45) is 0. The van der Waals surface area contributed by atoms with Crippen LogP contribution in [0.25, 0.3) is 11.1 Å². The van der Waals surface area contributed by atoms with Crippen LogP contribution < -0.4 is 24.8 Å². The molecule has 0 atom stereocenters. The van der Waals surface area contributed by atoms with E-state index < -0.39 is 0 Å². The Labute approximate surface area is 166 Å². The zero-order valence-electron chi connectivity index (χ0n) is 12.8. The Morgan fingerprint density at radius 1 is 0.609 bits per heavy atom. The standard InChI is InChI=1S/C13H9.C7H8.2ClH.Zr/c1-3-7-12-10(5-1)9-11-6-2-4-8-13(11)12;1-7-5-3-2-4-6-7;;;/h1-9H;2-6H,1H3;2*1H;/q;;;;+2/p-2. The Balaban J connectivity index is 0.000000255. The third-order valence-corrected chi connectivity index (χ3v) is 5.30. The molecule has 0 aromatic heterocycles. The van der Waals surface area contributed by atoms with E-state index in [4.69, 9.17) is 0 Å². The Bertz CT molecular complexity index is 696. The topological polar surface area (TPSA) is 0 Å². The van der Waals surface area contributed by atoms with Crippen LogP contribution in [-0.2, 0) is 24.7 Å². The first-order valence-electron chi connectivity index (χ1n) is 7.18. The van der Waals surface area contributed by atoms with Gasteiger partial charge in [0.15, 0.2) is 0 Å². The fourth-order valence-corrected chi connectivity index (χ4v) is 3.93. The van der Waals surface area contributed by atoms with Gasteiger partial charge in [0, 0.05) is 0 Å². The molecule has 0 aliphatic heterocycles. The van der Waals surface area contributed by atoms with Crippen LogP contribution in [0.1, 0.15) is 20.3 Å². The molecular weight excluding hydrogens is 402 g/mol. The summed E-state index contributed by atoms with van der Waals surface area (Å²) in [7, 11) is 0. The molecule has 3 aromatic rings. The third kappa shape index (κ3) is 4.57. The Morgan fingerprint density at radius 2 is 1.00 bits per heavy atom. The quantitative estimate of drug-likeness (QED) is 0.453. The summed E-state index contributed by atoms with van der Waals surface area (Å²) in [5.74, 6) is 0. The van der Waals surface area contributed by atoms with E-state index in [1.807, 2.05) is 18.2 Å². The minimum atomic E-state index is 0. The average molecular weight is 419 g/mol. The second kappa shape index (κ2) is 9.43. The van der Waals surface area contributed by atoms with Gasteiger partial charge in [0.2, 0.25) is 0 Å². The van der Waals surface area contributed by atoms with Crippen molar-refractivity contribution in [3.8, 4) is 11.1 Å². The van der Waals surface area contributed by atoms with Gasteiger partial charge in [-0.25, -0.2) is 0 Å². The first kappa shape index (κ1) is 20.2. The van der Waals surface area contributed by atoms with Gasteiger partial charge in [-0.3, -0.25) is 0 Å². The SMILES string of the molecule is Cc1ccccc1.[Cl-].[Cl-].[Zr+2][CH]1c2ccccc2-c2ccccc21. The average Bonchev–Trinajstić information content (AvgIpc) is 2.83. The van der Waals surface area contributed by atoms with Crippen molar-refractivity contribution in [3.63, 3.8) is 0 Å². The summed E-state index contributed by atoms with van der Waals surface area (Å²) in [6, 6.07) is 27.8. The van der Waals surface area contributed by atoms with Crippen LogP contribution in [0.4, 0.5) is 0 Å². The van der Waals surface area contributed by atoms with Crippen molar-refractivity contribution in [1.29, 1.82) is 0 Å². The van der Waals surface area contributed by atoms with E-state index in [2.05, 4.69) is 67.6 Å². The molecule has 115 valence electrons. The molecule has 0 bridgehead atoms. The van der Waals surface area contributed by atoms with Crippen LogP contribution in [0.2, 0.25) is 0 Å². The number of halogens is 2. The van der Waals surface area contributed by atoms with Crippen LogP contribution in [0, 0.1) is 6.92 Å². The Kier molecular flexibility index (Phi) is 8.27.